The molecule has 0 saturated heterocycles. The summed E-state index contributed by atoms with van der Waals surface area (Å²) in [5.41, 5.74) is 5.98. The molecule has 0 saturated carbocycles. The van der Waals surface area contributed by atoms with E-state index in [1.165, 1.54) is 7.11 Å². The van der Waals surface area contributed by atoms with Crippen molar-refractivity contribution in [2.75, 3.05) is 7.11 Å². The standard InChI is InChI=1S/C19H22N2O4/c1-13(22)7-5-6-8-14-9-11-15(12-10-14)17(23)21-16(18(24)25-4)19(2,3)20/h9-13,16,22H,20H2,1-4H3,(H,21,23)/t13-,16?/m1/s1. The van der Waals surface area contributed by atoms with Gasteiger partial charge in [0.25, 0.3) is 5.91 Å². The highest BCUT2D eigenvalue weighted by Gasteiger charge is 2.34. The first-order valence-corrected chi connectivity index (χ1v) is 7.62. The van der Waals surface area contributed by atoms with E-state index < -0.39 is 29.6 Å². The van der Waals surface area contributed by atoms with E-state index in [0.717, 1.165) is 0 Å². The molecule has 1 aromatic carbocycles. The lowest BCUT2D eigenvalue weighted by Crippen LogP contribution is -2.59. The molecule has 2 atom stereocenters. The van der Waals surface area contributed by atoms with Gasteiger partial charge in [-0.1, -0.05) is 11.8 Å². The fraction of sp³-hybridized carbons (Fsp3) is 0.368. The van der Waals surface area contributed by atoms with Gasteiger partial charge in [-0.15, -0.1) is 0 Å². The first-order valence-electron chi connectivity index (χ1n) is 7.62. The molecule has 0 radical (unpaired) electrons. The average Bonchev–Trinajstić information content (AvgIpc) is 2.55. The van der Waals surface area contributed by atoms with Crippen molar-refractivity contribution in [1.82, 2.24) is 5.32 Å². The summed E-state index contributed by atoms with van der Waals surface area (Å²) in [6.07, 6.45) is -0.727. The third-order valence-electron chi connectivity index (χ3n) is 3.15. The summed E-state index contributed by atoms with van der Waals surface area (Å²) in [5, 5.41) is 11.6. The number of carbonyl (C=O) groups excluding carboxylic acids is 2. The minimum atomic E-state index is -0.976. The molecule has 0 aliphatic heterocycles. The zero-order valence-electron chi connectivity index (χ0n) is 14.7. The number of methoxy groups -OCH3 is 1. The number of esters is 1. The summed E-state index contributed by atoms with van der Waals surface area (Å²) in [4.78, 5) is 24.1. The second kappa shape index (κ2) is 8.89. The van der Waals surface area contributed by atoms with E-state index in [4.69, 9.17) is 10.8 Å². The number of amides is 1. The third kappa shape index (κ3) is 6.68. The van der Waals surface area contributed by atoms with Crippen LogP contribution in [0.1, 0.15) is 36.7 Å². The number of hydrogen-bond acceptors (Lipinski definition) is 5. The number of ether oxygens (including phenoxy) is 1. The van der Waals surface area contributed by atoms with Crippen LogP contribution in [0.15, 0.2) is 24.3 Å². The quantitative estimate of drug-likeness (QED) is 0.544. The molecule has 1 aromatic rings. The zero-order chi connectivity index (χ0) is 19.0. The first-order chi connectivity index (χ1) is 11.6. The van der Waals surface area contributed by atoms with Crippen molar-refractivity contribution in [3.05, 3.63) is 35.4 Å². The molecule has 0 heterocycles. The molecular weight excluding hydrogens is 320 g/mol. The number of rotatable bonds is 4. The zero-order valence-corrected chi connectivity index (χ0v) is 14.7. The fourth-order valence-electron chi connectivity index (χ4n) is 1.83. The van der Waals surface area contributed by atoms with Crippen LogP contribution >= 0.6 is 0 Å². The Morgan fingerprint density at radius 2 is 1.84 bits per heavy atom. The fourth-order valence-corrected chi connectivity index (χ4v) is 1.83. The van der Waals surface area contributed by atoms with Gasteiger partial charge in [-0.05, 0) is 56.9 Å². The summed E-state index contributed by atoms with van der Waals surface area (Å²) in [6.45, 7) is 4.80. The van der Waals surface area contributed by atoms with Crippen molar-refractivity contribution in [2.45, 2.75) is 38.5 Å². The summed E-state index contributed by atoms with van der Waals surface area (Å²) >= 11 is 0. The molecule has 1 amide bonds. The average molecular weight is 342 g/mol. The van der Waals surface area contributed by atoms with E-state index in [-0.39, 0.29) is 0 Å². The van der Waals surface area contributed by atoms with Gasteiger partial charge < -0.3 is 20.9 Å². The van der Waals surface area contributed by atoms with E-state index in [1.54, 1.807) is 45.0 Å². The van der Waals surface area contributed by atoms with Crippen LogP contribution in [0.3, 0.4) is 0 Å². The number of aliphatic hydroxyl groups excluding tert-OH is 1. The SMILES string of the molecule is COC(=O)C(NC(=O)c1ccc(C#CC#C[C@@H](C)O)cc1)C(C)(C)N. The summed E-state index contributed by atoms with van der Waals surface area (Å²) < 4.78 is 4.68. The van der Waals surface area contributed by atoms with Crippen molar-refractivity contribution in [3.8, 4) is 23.7 Å². The van der Waals surface area contributed by atoms with Gasteiger partial charge in [0.05, 0.1) is 7.11 Å². The molecule has 25 heavy (non-hydrogen) atoms. The summed E-state index contributed by atoms with van der Waals surface area (Å²) in [6, 6.07) is 5.51. The van der Waals surface area contributed by atoms with Gasteiger partial charge in [0.15, 0.2) is 0 Å². The highest BCUT2D eigenvalue weighted by molar-refractivity contribution is 5.97. The lowest BCUT2D eigenvalue weighted by molar-refractivity contribution is -0.144. The van der Waals surface area contributed by atoms with Gasteiger partial charge in [0, 0.05) is 16.7 Å². The van der Waals surface area contributed by atoms with Crippen LogP contribution < -0.4 is 11.1 Å². The topological polar surface area (TPSA) is 102 Å². The van der Waals surface area contributed by atoms with E-state index in [0.29, 0.717) is 11.1 Å². The van der Waals surface area contributed by atoms with Crippen molar-refractivity contribution >= 4 is 11.9 Å². The maximum Gasteiger partial charge on any atom is 0.330 e. The number of carbonyl (C=O) groups is 2. The Morgan fingerprint density at radius 3 is 2.32 bits per heavy atom. The molecule has 4 N–H and O–H groups in total. The highest BCUT2D eigenvalue weighted by atomic mass is 16.5. The minimum absolute atomic E-state index is 0.360. The van der Waals surface area contributed by atoms with Crippen LogP contribution in [-0.4, -0.2) is 41.8 Å². The minimum Gasteiger partial charge on any atom is -0.467 e. The van der Waals surface area contributed by atoms with Crippen LogP contribution in [0.25, 0.3) is 0 Å². The van der Waals surface area contributed by atoms with Crippen LogP contribution in [0.4, 0.5) is 0 Å². The van der Waals surface area contributed by atoms with Crippen molar-refractivity contribution in [2.24, 2.45) is 5.73 Å². The predicted molar refractivity (Wildman–Crippen MR) is 94.3 cm³/mol. The largest absolute Gasteiger partial charge is 0.467 e. The number of aliphatic hydroxyl groups is 1. The molecule has 1 rings (SSSR count). The molecule has 0 aliphatic rings. The van der Waals surface area contributed by atoms with Crippen molar-refractivity contribution in [1.29, 1.82) is 0 Å². The normalized spacial score (nSPS) is 12.6. The molecule has 6 nitrogen and oxygen atoms in total. The van der Waals surface area contributed by atoms with E-state index >= 15 is 0 Å². The molecular formula is C19H22N2O4. The predicted octanol–water partition coefficient (Wildman–Crippen LogP) is 0.431. The smallest absolute Gasteiger partial charge is 0.330 e. The van der Waals surface area contributed by atoms with Crippen LogP contribution in [0, 0.1) is 23.7 Å². The Hall–Kier alpha value is -2.80. The molecule has 1 unspecified atom stereocenters. The summed E-state index contributed by atoms with van der Waals surface area (Å²) in [5.74, 6) is 9.39. The number of benzene rings is 1. The maximum absolute atomic E-state index is 12.3. The molecule has 0 bridgehead atoms. The number of nitrogens with two attached hydrogens (primary N) is 1. The summed E-state index contributed by atoms with van der Waals surface area (Å²) in [7, 11) is 1.24. The number of hydrogen-bond donors (Lipinski definition) is 3. The van der Waals surface area contributed by atoms with Crippen LogP contribution in [0.2, 0.25) is 0 Å². The maximum atomic E-state index is 12.3. The highest BCUT2D eigenvalue weighted by Crippen LogP contribution is 2.10. The second-order valence-corrected chi connectivity index (χ2v) is 6.02. The Balaban J connectivity index is 2.86. The molecule has 0 fully saturated rings. The lowest BCUT2D eigenvalue weighted by Gasteiger charge is -2.28. The van der Waals surface area contributed by atoms with Gasteiger partial charge in [-0.25, -0.2) is 4.79 Å². The number of nitrogens with one attached hydrogen (secondary N) is 1. The molecule has 0 aromatic heterocycles. The van der Waals surface area contributed by atoms with Gasteiger partial charge in [0.1, 0.15) is 12.1 Å². The first kappa shape index (κ1) is 20.2. The van der Waals surface area contributed by atoms with Crippen molar-refractivity contribution < 1.29 is 19.4 Å². The Morgan fingerprint density at radius 1 is 1.24 bits per heavy atom. The second-order valence-electron chi connectivity index (χ2n) is 6.02. The van der Waals surface area contributed by atoms with E-state index in [1.807, 2.05) is 0 Å². The Bertz CT molecular complexity index is 738. The van der Waals surface area contributed by atoms with Gasteiger partial charge in [0.2, 0.25) is 0 Å². The molecule has 132 valence electrons. The van der Waals surface area contributed by atoms with Crippen LogP contribution in [-0.2, 0) is 9.53 Å². The van der Waals surface area contributed by atoms with Gasteiger partial charge in [-0.3, -0.25) is 4.79 Å². The van der Waals surface area contributed by atoms with Crippen molar-refractivity contribution in [3.63, 3.8) is 0 Å². The van der Waals surface area contributed by atoms with Gasteiger partial charge >= 0.3 is 5.97 Å². The third-order valence-corrected chi connectivity index (χ3v) is 3.15. The lowest BCUT2D eigenvalue weighted by atomic mass is 9.95. The Labute approximate surface area is 147 Å². The molecule has 6 heteroatoms. The van der Waals surface area contributed by atoms with E-state index in [2.05, 4.69) is 33.7 Å². The Kier molecular flexibility index (Phi) is 7.20. The van der Waals surface area contributed by atoms with E-state index in [9.17, 15) is 9.59 Å². The van der Waals surface area contributed by atoms with Crippen LogP contribution in [0.5, 0.6) is 0 Å². The monoisotopic (exact) mass is 342 g/mol. The molecule has 0 spiro atoms. The van der Waals surface area contributed by atoms with Gasteiger partial charge in [-0.2, -0.15) is 0 Å². The molecule has 0 aliphatic carbocycles.